The van der Waals surface area contributed by atoms with E-state index in [9.17, 15) is 14.9 Å². The predicted molar refractivity (Wildman–Crippen MR) is 87.4 cm³/mol. The Morgan fingerprint density at radius 2 is 2.18 bits per heavy atom. The highest BCUT2D eigenvalue weighted by Crippen LogP contribution is 2.25. The first kappa shape index (κ1) is 16.1. The molecule has 0 aliphatic rings. The predicted octanol–water partition coefficient (Wildman–Crippen LogP) is 3.97. The van der Waals surface area contributed by atoms with Gasteiger partial charge >= 0.3 is 0 Å². The van der Waals surface area contributed by atoms with E-state index in [1.807, 2.05) is 13.8 Å². The first-order valence-electron chi connectivity index (χ1n) is 6.24. The molecule has 0 spiro atoms. The highest BCUT2D eigenvalue weighted by atomic mass is 35.5. The summed E-state index contributed by atoms with van der Waals surface area (Å²) in [6.07, 6.45) is 2.77. The molecule has 1 N–H and O–H groups in total. The van der Waals surface area contributed by atoms with Crippen molar-refractivity contribution >= 4 is 45.7 Å². The minimum atomic E-state index is -0.569. The van der Waals surface area contributed by atoms with E-state index < -0.39 is 4.92 Å². The summed E-state index contributed by atoms with van der Waals surface area (Å²) >= 11 is 7.12. The van der Waals surface area contributed by atoms with Crippen LogP contribution in [0.5, 0.6) is 0 Å². The van der Waals surface area contributed by atoms with Crippen LogP contribution < -0.4 is 5.32 Å². The Hall–Kier alpha value is -2.25. The number of anilines is 1. The minimum absolute atomic E-state index is 0.0559. The van der Waals surface area contributed by atoms with Crippen molar-refractivity contribution in [1.29, 1.82) is 0 Å². The van der Waals surface area contributed by atoms with Crippen LogP contribution >= 0.6 is 22.9 Å². The SMILES string of the molecule is Cc1nc(NC(=O)/C=C/c2ccc(Cl)c([N+](=O)[O-])c2)sc1C. The summed E-state index contributed by atoms with van der Waals surface area (Å²) in [4.78, 5) is 27.3. The van der Waals surface area contributed by atoms with E-state index in [1.165, 1.54) is 35.6 Å². The number of nitro groups is 1. The van der Waals surface area contributed by atoms with Crippen molar-refractivity contribution in [3.8, 4) is 0 Å². The van der Waals surface area contributed by atoms with Crippen LogP contribution in [-0.4, -0.2) is 15.8 Å². The fourth-order valence-corrected chi connectivity index (χ4v) is 2.62. The highest BCUT2D eigenvalue weighted by Gasteiger charge is 2.12. The molecule has 0 aliphatic carbocycles. The molecular formula is C14H12ClN3O3S. The summed E-state index contributed by atoms with van der Waals surface area (Å²) in [5, 5.41) is 14.0. The number of nitrogens with zero attached hydrogens (tertiary/aromatic N) is 2. The quantitative estimate of drug-likeness (QED) is 0.519. The number of aryl methyl sites for hydroxylation is 2. The summed E-state index contributed by atoms with van der Waals surface area (Å²) in [6.45, 7) is 3.79. The second-order valence-corrected chi connectivity index (χ2v) is 6.06. The summed E-state index contributed by atoms with van der Waals surface area (Å²) in [5.74, 6) is -0.355. The minimum Gasteiger partial charge on any atom is -0.298 e. The van der Waals surface area contributed by atoms with Gasteiger partial charge in [0, 0.05) is 17.0 Å². The number of nitrogens with one attached hydrogen (secondary N) is 1. The maximum absolute atomic E-state index is 11.8. The molecule has 0 aliphatic heterocycles. The molecule has 0 saturated heterocycles. The number of carbonyl (C=O) groups is 1. The number of rotatable bonds is 4. The Bertz CT molecular complexity index is 751. The largest absolute Gasteiger partial charge is 0.298 e. The summed E-state index contributed by atoms with van der Waals surface area (Å²) in [6, 6.07) is 4.32. The van der Waals surface area contributed by atoms with E-state index in [0.717, 1.165) is 10.6 Å². The molecule has 0 radical (unpaired) electrons. The van der Waals surface area contributed by atoms with Crippen molar-refractivity contribution in [1.82, 2.24) is 4.98 Å². The van der Waals surface area contributed by atoms with Crippen LogP contribution in [0.4, 0.5) is 10.8 Å². The molecule has 1 heterocycles. The van der Waals surface area contributed by atoms with Gasteiger partial charge in [-0.15, -0.1) is 11.3 Å². The van der Waals surface area contributed by atoms with Crippen LogP contribution in [0.3, 0.4) is 0 Å². The monoisotopic (exact) mass is 337 g/mol. The van der Waals surface area contributed by atoms with E-state index in [0.29, 0.717) is 10.7 Å². The molecule has 0 atom stereocenters. The molecule has 0 saturated carbocycles. The Kier molecular flexibility index (Phi) is 4.89. The van der Waals surface area contributed by atoms with E-state index in [4.69, 9.17) is 11.6 Å². The fourth-order valence-electron chi connectivity index (χ4n) is 1.62. The zero-order valence-corrected chi connectivity index (χ0v) is 13.4. The van der Waals surface area contributed by atoms with Gasteiger partial charge in [0.15, 0.2) is 5.13 Å². The van der Waals surface area contributed by atoms with E-state index in [-0.39, 0.29) is 16.6 Å². The highest BCUT2D eigenvalue weighted by molar-refractivity contribution is 7.15. The molecule has 22 heavy (non-hydrogen) atoms. The number of hydrogen-bond donors (Lipinski definition) is 1. The molecule has 0 bridgehead atoms. The number of benzene rings is 1. The topological polar surface area (TPSA) is 85.1 Å². The van der Waals surface area contributed by atoms with Gasteiger partial charge in [-0.1, -0.05) is 17.7 Å². The van der Waals surface area contributed by atoms with E-state index in [2.05, 4.69) is 10.3 Å². The number of aromatic nitrogens is 1. The second-order valence-electron chi connectivity index (χ2n) is 4.45. The van der Waals surface area contributed by atoms with E-state index >= 15 is 0 Å². The second kappa shape index (κ2) is 6.67. The number of amides is 1. The Labute approximate surface area is 135 Å². The molecule has 0 unspecified atom stereocenters. The third-order valence-electron chi connectivity index (χ3n) is 2.85. The first-order valence-corrected chi connectivity index (χ1v) is 7.43. The van der Waals surface area contributed by atoms with Gasteiger partial charge in [-0.25, -0.2) is 4.98 Å². The number of nitro benzene ring substituents is 1. The molecule has 1 amide bonds. The van der Waals surface area contributed by atoms with Crippen molar-refractivity contribution in [2.75, 3.05) is 5.32 Å². The van der Waals surface area contributed by atoms with Gasteiger partial charge in [0.05, 0.1) is 10.6 Å². The summed E-state index contributed by atoms with van der Waals surface area (Å²) in [5.41, 5.74) is 1.19. The molecule has 0 fully saturated rings. The summed E-state index contributed by atoms with van der Waals surface area (Å²) in [7, 11) is 0. The van der Waals surface area contributed by atoms with Gasteiger partial charge in [0.25, 0.3) is 5.69 Å². The van der Waals surface area contributed by atoms with Gasteiger partial charge < -0.3 is 0 Å². The zero-order chi connectivity index (χ0) is 16.3. The molecule has 114 valence electrons. The number of halogens is 1. The van der Waals surface area contributed by atoms with Crippen LogP contribution in [0.2, 0.25) is 5.02 Å². The number of thiazole rings is 1. The van der Waals surface area contributed by atoms with Crippen molar-refractivity contribution < 1.29 is 9.72 Å². The Morgan fingerprint density at radius 3 is 2.77 bits per heavy atom. The average molecular weight is 338 g/mol. The van der Waals surface area contributed by atoms with Gasteiger partial charge in [0.2, 0.25) is 5.91 Å². The van der Waals surface area contributed by atoms with Crippen LogP contribution in [0, 0.1) is 24.0 Å². The molecule has 2 aromatic rings. The Balaban J connectivity index is 2.09. The van der Waals surface area contributed by atoms with Crippen molar-refractivity contribution in [2.24, 2.45) is 0 Å². The number of hydrogen-bond acceptors (Lipinski definition) is 5. The smallest absolute Gasteiger partial charge is 0.288 e. The normalized spacial score (nSPS) is 10.9. The molecular weight excluding hydrogens is 326 g/mol. The van der Waals surface area contributed by atoms with E-state index in [1.54, 1.807) is 6.07 Å². The van der Waals surface area contributed by atoms with Crippen molar-refractivity contribution in [2.45, 2.75) is 13.8 Å². The third kappa shape index (κ3) is 3.90. The van der Waals surface area contributed by atoms with Crippen molar-refractivity contribution in [3.05, 3.63) is 55.5 Å². The zero-order valence-electron chi connectivity index (χ0n) is 11.8. The summed E-state index contributed by atoms with van der Waals surface area (Å²) < 4.78 is 0. The van der Waals surface area contributed by atoms with Crippen LogP contribution in [0.1, 0.15) is 16.1 Å². The molecule has 1 aromatic carbocycles. The lowest BCUT2D eigenvalue weighted by Crippen LogP contribution is -2.07. The standard InChI is InChI=1S/C14H12ClN3O3S/c1-8-9(2)22-14(16-8)17-13(19)6-4-10-3-5-11(15)12(7-10)18(20)21/h3-7H,1-2H3,(H,16,17,19)/b6-4+. The lowest BCUT2D eigenvalue weighted by Gasteiger charge is -1.98. The molecule has 6 nitrogen and oxygen atoms in total. The maximum Gasteiger partial charge on any atom is 0.288 e. The third-order valence-corrected chi connectivity index (χ3v) is 4.16. The molecule has 2 rings (SSSR count). The number of carbonyl (C=O) groups excluding carboxylic acids is 1. The van der Waals surface area contributed by atoms with Crippen molar-refractivity contribution in [3.63, 3.8) is 0 Å². The molecule has 1 aromatic heterocycles. The fraction of sp³-hybridized carbons (Fsp3) is 0.143. The van der Waals surface area contributed by atoms with Gasteiger partial charge in [-0.3, -0.25) is 20.2 Å². The Morgan fingerprint density at radius 1 is 1.45 bits per heavy atom. The lowest BCUT2D eigenvalue weighted by molar-refractivity contribution is -0.384. The van der Waals surface area contributed by atoms with Gasteiger partial charge in [0.1, 0.15) is 5.02 Å². The van der Waals surface area contributed by atoms with Gasteiger partial charge in [-0.2, -0.15) is 0 Å². The average Bonchev–Trinajstić information content (AvgIpc) is 2.76. The first-order chi connectivity index (χ1) is 10.4. The van der Waals surface area contributed by atoms with Crippen LogP contribution in [0.15, 0.2) is 24.3 Å². The molecule has 8 heteroatoms. The maximum atomic E-state index is 11.8. The van der Waals surface area contributed by atoms with Gasteiger partial charge in [-0.05, 0) is 31.6 Å². The van der Waals surface area contributed by atoms with Crippen LogP contribution in [-0.2, 0) is 4.79 Å². The lowest BCUT2D eigenvalue weighted by atomic mass is 10.2. The van der Waals surface area contributed by atoms with Crippen LogP contribution in [0.25, 0.3) is 6.08 Å².